The summed E-state index contributed by atoms with van der Waals surface area (Å²) >= 11 is 0. The average Bonchev–Trinajstić information content (AvgIpc) is 2.84. The summed E-state index contributed by atoms with van der Waals surface area (Å²) in [5, 5.41) is 0. The Kier molecular flexibility index (Phi) is 7.85. The van der Waals surface area contributed by atoms with Crippen molar-refractivity contribution < 1.29 is 14.0 Å². The summed E-state index contributed by atoms with van der Waals surface area (Å²) in [4.78, 5) is 15.3. The first-order valence-corrected chi connectivity index (χ1v) is 12.6. The Morgan fingerprint density at radius 2 is 1.59 bits per heavy atom. The van der Waals surface area contributed by atoms with Gasteiger partial charge in [0.2, 0.25) is 6.23 Å². The van der Waals surface area contributed by atoms with Gasteiger partial charge in [0.1, 0.15) is 0 Å². The first kappa shape index (κ1) is 22.8. The molecule has 0 radical (unpaired) electrons. The van der Waals surface area contributed by atoms with E-state index in [1.807, 2.05) is 48.5 Å². The van der Waals surface area contributed by atoms with Gasteiger partial charge in [-0.3, -0.25) is 9.38 Å². The van der Waals surface area contributed by atoms with E-state index < -0.39 is 0 Å². The van der Waals surface area contributed by atoms with Crippen LogP contribution < -0.4 is 4.90 Å². The van der Waals surface area contributed by atoms with Crippen LogP contribution in [0.2, 0.25) is 0 Å². The molecule has 172 valence electrons. The molecule has 4 heteroatoms. The van der Waals surface area contributed by atoms with Gasteiger partial charge in [-0.1, -0.05) is 74.7 Å². The van der Waals surface area contributed by atoms with Crippen LogP contribution in [0.5, 0.6) is 0 Å². The number of fused-ring (bicyclic) bond motifs is 3. The Bertz CT molecular complexity index is 831. The van der Waals surface area contributed by atoms with Gasteiger partial charge in [0.25, 0.3) is 0 Å². The van der Waals surface area contributed by atoms with Crippen molar-refractivity contribution in [3.8, 4) is 0 Å². The van der Waals surface area contributed by atoms with E-state index in [2.05, 4.69) is 19.1 Å². The molecule has 3 heterocycles. The van der Waals surface area contributed by atoms with Crippen molar-refractivity contribution in [2.75, 3.05) is 24.5 Å². The lowest BCUT2D eigenvalue weighted by molar-refractivity contribution is -0.984. The number of amides is 1. The van der Waals surface area contributed by atoms with E-state index in [1.54, 1.807) is 4.90 Å². The monoisotopic (exact) mass is 435 g/mol. The SMILES string of the molecule is CCCCCCC[N+]12CCC(CC1)C[C@H]2OC(=O)N(Cc1ccccc1)c1ccccc1. The van der Waals surface area contributed by atoms with Crippen LogP contribution >= 0.6 is 0 Å². The second-order valence-corrected chi connectivity index (χ2v) is 9.73. The maximum atomic E-state index is 13.5. The van der Waals surface area contributed by atoms with Crippen LogP contribution in [0.1, 0.15) is 63.9 Å². The zero-order valence-corrected chi connectivity index (χ0v) is 19.6. The highest BCUT2D eigenvalue weighted by Crippen LogP contribution is 2.40. The highest BCUT2D eigenvalue weighted by Gasteiger charge is 2.49. The number of hydrogen-bond acceptors (Lipinski definition) is 2. The van der Waals surface area contributed by atoms with Crippen LogP contribution in [0.15, 0.2) is 60.7 Å². The highest BCUT2D eigenvalue weighted by molar-refractivity contribution is 5.87. The van der Waals surface area contributed by atoms with Crippen molar-refractivity contribution in [3.05, 3.63) is 66.2 Å². The van der Waals surface area contributed by atoms with E-state index in [0.717, 1.165) is 28.7 Å². The molecule has 2 aromatic rings. The molecule has 0 spiro atoms. The molecule has 0 aliphatic carbocycles. The first-order valence-electron chi connectivity index (χ1n) is 12.6. The minimum absolute atomic E-state index is 0.00293. The zero-order chi connectivity index (χ0) is 22.2. The lowest BCUT2D eigenvalue weighted by atomic mass is 9.84. The van der Waals surface area contributed by atoms with E-state index in [-0.39, 0.29) is 12.3 Å². The van der Waals surface area contributed by atoms with Gasteiger partial charge in [-0.25, -0.2) is 4.79 Å². The summed E-state index contributed by atoms with van der Waals surface area (Å²) in [6.45, 7) is 6.27. The number of carbonyl (C=O) groups is 1. The van der Waals surface area contributed by atoms with E-state index in [1.165, 1.54) is 58.0 Å². The quantitative estimate of drug-likeness (QED) is 0.305. The van der Waals surface area contributed by atoms with Crippen LogP contribution in [0.25, 0.3) is 0 Å². The fourth-order valence-corrected chi connectivity index (χ4v) is 5.54. The first-order chi connectivity index (χ1) is 15.7. The minimum atomic E-state index is -0.207. The van der Waals surface area contributed by atoms with Crippen LogP contribution in [0.4, 0.5) is 10.5 Å². The maximum absolute atomic E-state index is 13.5. The molecular weight excluding hydrogens is 396 g/mol. The number of quaternary nitrogens is 1. The topological polar surface area (TPSA) is 29.5 Å². The van der Waals surface area contributed by atoms with E-state index in [9.17, 15) is 4.79 Å². The Hall–Kier alpha value is -2.33. The Morgan fingerprint density at radius 3 is 2.28 bits per heavy atom. The molecule has 0 aromatic heterocycles. The number of piperidine rings is 3. The second-order valence-electron chi connectivity index (χ2n) is 9.73. The summed E-state index contributed by atoms with van der Waals surface area (Å²) in [6, 6.07) is 20.1. The van der Waals surface area contributed by atoms with Gasteiger partial charge in [-0.05, 0) is 36.5 Å². The van der Waals surface area contributed by atoms with Crippen molar-refractivity contribution in [3.63, 3.8) is 0 Å². The minimum Gasteiger partial charge on any atom is -0.396 e. The van der Waals surface area contributed by atoms with Crippen molar-refractivity contribution >= 4 is 11.8 Å². The molecule has 2 aromatic carbocycles. The molecule has 0 saturated carbocycles. The number of rotatable bonds is 10. The molecule has 0 unspecified atom stereocenters. The molecule has 1 amide bonds. The summed E-state index contributed by atoms with van der Waals surface area (Å²) in [5.41, 5.74) is 2.00. The predicted octanol–water partition coefficient (Wildman–Crippen LogP) is 6.76. The zero-order valence-electron chi connectivity index (χ0n) is 19.6. The Labute approximate surface area is 193 Å². The van der Waals surface area contributed by atoms with Crippen LogP contribution in [-0.4, -0.2) is 36.4 Å². The molecule has 5 rings (SSSR count). The van der Waals surface area contributed by atoms with Crippen molar-refractivity contribution in [2.45, 2.75) is 71.1 Å². The third-order valence-electron chi connectivity index (χ3n) is 7.53. The molecule has 2 bridgehead atoms. The van der Waals surface area contributed by atoms with Crippen molar-refractivity contribution in [2.24, 2.45) is 5.92 Å². The van der Waals surface area contributed by atoms with Crippen LogP contribution in [0, 0.1) is 5.92 Å². The second kappa shape index (κ2) is 11.0. The normalized spacial score (nSPS) is 24.3. The molecule has 1 atom stereocenters. The molecule has 3 aliphatic heterocycles. The van der Waals surface area contributed by atoms with Gasteiger partial charge in [0, 0.05) is 24.9 Å². The van der Waals surface area contributed by atoms with Crippen LogP contribution in [0.3, 0.4) is 0 Å². The highest BCUT2D eigenvalue weighted by atomic mass is 16.6. The molecule has 0 N–H and O–H groups in total. The predicted molar refractivity (Wildman–Crippen MR) is 130 cm³/mol. The summed E-state index contributed by atoms with van der Waals surface area (Å²) in [6.07, 6.45) is 9.85. The smallest absolute Gasteiger partial charge is 0.396 e. The summed E-state index contributed by atoms with van der Waals surface area (Å²) < 4.78 is 7.34. The molecule has 3 saturated heterocycles. The third kappa shape index (κ3) is 5.53. The Balaban J connectivity index is 1.47. The van der Waals surface area contributed by atoms with Gasteiger partial charge in [-0.2, -0.15) is 0 Å². The number of benzene rings is 2. The van der Waals surface area contributed by atoms with Crippen LogP contribution in [-0.2, 0) is 11.3 Å². The molecule has 32 heavy (non-hydrogen) atoms. The fraction of sp³-hybridized carbons (Fsp3) is 0.536. The van der Waals surface area contributed by atoms with Crippen molar-refractivity contribution in [1.29, 1.82) is 0 Å². The summed E-state index contributed by atoms with van der Waals surface area (Å²) in [7, 11) is 0. The Morgan fingerprint density at radius 1 is 0.938 bits per heavy atom. The van der Waals surface area contributed by atoms with Gasteiger partial charge in [0.05, 0.1) is 26.2 Å². The van der Waals surface area contributed by atoms with Gasteiger partial charge >= 0.3 is 6.09 Å². The number of hydrogen-bond donors (Lipinski definition) is 0. The number of ether oxygens (including phenoxy) is 1. The lowest BCUT2D eigenvalue weighted by Crippen LogP contribution is -2.65. The summed E-state index contributed by atoms with van der Waals surface area (Å²) in [5.74, 6) is 0.715. The number of unbranched alkanes of at least 4 members (excludes halogenated alkanes) is 4. The van der Waals surface area contributed by atoms with Crippen molar-refractivity contribution in [1.82, 2.24) is 0 Å². The number of carbonyl (C=O) groups excluding carboxylic acids is 1. The average molecular weight is 436 g/mol. The third-order valence-corrected chi connectivity index (χ3v) is 7.53. The number of nitrogens with zero attached hydrogens (tertiary/aromatic N) is 2. The lowest BCUT2D eigenvalue weighted by Gasteiger charge is -2.53. The van der Waals surface area contributed by atoms with Gasteiger partial charge < -0.3 is 4.74 Å². The largest absolute Gasteiger partial charge is 0.419 e. The fourth-order valence-electron chi connectivity index (χ4n) is 5.54. The number of para-hydroxylation sites is 1. The maximum Gasteiger partial charge on any atom is 0.419 e. The van der Waals surface area contributed by atoms with E-state index in [0.29, 0.717) is 12.5 Å². The molecule has 4 nitrogen and oxygen atoms in total. The van der Waals surface area contributed by atoms with Gasteiger partial charge in [0.15, 0.2) is 0 Å². The molecule has 3 fully saturated rings. The number of anilines is 1. The van der Waals surface area contributed by atoms with E-state index >= 15 is 0 Å². The standard InChI is InChI=1S/C28H39N2O2/c1-2-3-4-5-12-19-30-20-17-24(18-21-30)22-27(30)32-28(31)29(26-15-10-7-11-16-26)23-25-13-8-6-9-14-25/h6-11,13-16,24,27H,2-5,12,17-23H2,1H3/q+1/t24?,27-,30?/m1/s1. The molecular formula is C28H39N2O2+. The van der Waals surface area contributed by atoms with Gasteiger partial charge in [-0.15, -0.1) is 0 Å². The van der Waals surface area contributed by atoms with E-state index in [4.69, 9.17) is 4.74 Å². The molecule has 3 aliphatic rings.